The summed E-state index contributed by atoms with van der Waals surface area (Å²) >= 11 is 0. The zero-order valence-corrected chi connectivity index (χ0v) is 9.73. The number of aromatic nitrogens is 1. The average molecular weight is 237 g/mol. The fourth-order valence-corrected chi connectivity index (χ4v) is 2.61. The molecule has 0 bridgehead atoms. The van der Waals surface area contributed by atoms with Gasteiger partial charge in [0.15, 0.2) is 0 Å². The predicted octanol–water partition coefficient (Wildman–Crippen LogP) is 2.01. The Hall–Kier alpha value is -2.28. The lowest BCUT2D eigenvalue weighted by Crippen LogP contribution is -2.22. The molecule has 1 aromatic heterocycles. The van der Waals surface area contributed by atoms with Crippen LogP contribution in [0.15, 0.2) is 18.2 Å². The van der Waals surface area contributed by atoms with Crippen LogP contribution in [-0.2, 0) is 12.8 Å². The second kappa shape index (κ2) is 3.88. The number of carbonyl (C=O) groups is 1. The van der Waals surface area contributed by atoms with Crippen LogP contribution in [0.5, 0.6) is 0 Å². The summed E-state index contributed by atoms with van der Waals surface area (Å²) in [4.78, 5) is 11.6. The van der Waals surface area contributed by atoms with Crippen LogP contribution in [0.3, 0.4) is 0 Å². The third kappa shape index (κ3) is 1.41. The molecule has 4 nitrogen and oxygen atoms in total. The first-order valence-electron chi connectivity index (χ1n) is 5.79. The molecule has 18 heavy (non-hydrogen) atoms. The average Bonchev–Trinajstić information content (AvgIpc) is 2.72. The Bertz CT molecular complexity index is 691. The van der Waals surface area contributed by atoms with E-state index in [1.807, 2.05) is 6.07 Å². The molecule has 1 aromatic carbocycles. The lowest BCUT2D eigenvalue weighted by Gasteiger charge is -2.12. The van der Waals surface area contributed by atoms with E-state index in [1.165, 1.54) is 0 Å². The van der Waals surface area contributed by atoms with Crippen molar-refractivity contribution in [1.82, 2.24) is 4.57 Å². The Morgan fingerprint density at radius 1 is 1.50 bits per heavy atom. The van der Waals surface area contributed by atoms with E-state index in [9.17, 15) is 4.79 Å². The first-order valence-corrected chi connectivity index (χ1v) is 5.79. The van der Waals surface area contributed by atoms with E-state index in [2.05, 4.69) is 12.5 Å². The standard InChI is InChI=1S/C14H11N3O/c15-8-9-5-6-13-11(7-9)10-3-1-2-4-12(10)17(13)14(16)18/h5-7H,2-4H2,(H2,16,18). The van der Waals surface area contributed by atoms with Gasteiger partial charge in [-0.2, -0.15) is 5.26 Å². The maximum absolute atomic E-state index is 11.6. The first-order chi connectivity index (χ1) is 8.72. The van der Waals surface area contributed by atoms with Crippen molar-refractivity contribution in [3.63, 3.8) is 0 Å². The van der Waals surface area contributed by atoms with Crippen LogP contribution < -0.4 is 5.73 Å². The van der Waals surface area contributed by atoms with Gasteiger partial charge < -0.3 is 5.73 Å². The van der Waals surface area contributed by atoms with Gasteiger partial charge in [-0.25, -0.2) is 4.79 Å². The molecule has 0 saturated heterocycles. The highest BCUT2D eigenvalue weighted by molar-refractivity contribution is 5.95. The van der Waals surface area contributed by atoms with Crippen LogP contribution in [0.4, 0.5) is 4.79 Å². The number of hydrogen-bond acceptors (Lipinski definition) is 2. The Balaban J connectivity index is 2.40. The first kappa shape index (κ1) is 10.8. The minimum atomic E-state index is -0.465. The largest absolute Gasteiger partial charge is 0.351 e. The topological polar surface area (TPSA) is 71.8 Å². The molecule has 2 aromatic rings. The molecule has 2 radical (unpaired) electrons. The number of primary amides is 1. The molecule has 1 aliphatic carbocycles. The normalized spacial score (nSPS) is 14.2. The highest BCUT2D eigenvalue weighted by atomic mass is 16.2. The number of hydrogen-bond donors (Lipinski definition) is 1. The third-order valence-corrected chi connectivity index (χ3v) is 3.37. The van der Waals surface area contributed by atoms with Gasteiger partial charge in [0.05, 0.1) is 17.1 Å². The van der Waals surface area contributed by atoms with Crippen molar-refractivity contribution in [1.29, 1.82) is 5.26 Å². The Labute approximate surface area is 105 Å². The van der Waals surface area contributed by atoms with Gasteiger partial charge in [0.2, 0.25) is 0 Å². The molecule has 2 N–H and O–H groups in total. The number of benzene rings is 1. The molecule has 1 heterocycles. The maximum Gasteiger partial charge on any atom is 0.323 e. The van der Waals surface area contributed by atoms with Crippen molar-refractivity contribution in [2.24, 2.45) is 5.73 Å². The third-order valence-electron chi connectivity index (χ3n) is 3.37. The predicted molar refractivity (Wildman–Crippen MR) is 66.9 cm³/mol. The summed E-state index contributed by atoms with van der Waals surface area (Å²) in [5, 5.41) is 9.89. The highest BCUT2D eigenvalue weighted by Crippen LogP contribution is 2.32. The summed E-state index contributed by atoms with van der Waals surface area (Å²) in [7, 11) is 0. The van der Waals surface area contributed by atoms with Gasteiger partial charge in [-0.3, -0.25) is 4.57 Å². The van der Waals surface area contributed by atoms with Crippen molar-refractivity contribution in [3.8, 4) is 6.07 Å². The fourth-order valence-electron chi connectivity index (χ4n) is 2.61. The smallest absolute Gasteiger partial charge is 0.323 e. The number of nitriles is 1. The summed E-state index contributed by atoms with van der Waals surface area (Å²) in [5.74, 6) is 0. The second-order valence-corrected chi connectivity index (χ2v) is 4.37. The number of nitrogens with zero attached hydrogens (tertiary/aromatic N) is 2. The Kier molecular flexibility index (Phi) is 2.34. The summed E-state index contributed by atoms with van der Waals surface area (Å²) in [6.45, 7) is 0. The fraction of sp³-hybridized carbons (Fsp3) is 0.214. The van der Waals surface area contributed by atoms with Gasteiger partial charge >= 0.3 is 6.03 Å². The SMILES string of the molecule is N#Cc1ccc2c(c1)c1c(n2C(N)=O)CC[C]C1. The van der Waals surface area contributed by atoms with E-state index in [0.717, 1.165) is 35.0 Å². The Morgan fingerprint density at radius 3 is 3.06 bits per heavy atom. The molecule has 1 aliphatic rings. The number of fused-ring (bicyclic) bond motifs is 3. The minimum absolute atomic E-state index is 0.465. The van der Waals surface area contributed by atoms with Crippen LogP contribution in [0.2, 0.25) is 0 Å². The summed E-state index contributed by atoms with van der Waals surface area (Å²) < 4.78 is 1.56. The molecule has 0 saturated carbocycles. The van der Waals surface area contributed by atoms with E-state index in [0.29, 0.717) is 12.0 Å². The van der Waals surface area contributed by atoms with Crippen LogP contribution in [0.1, 0.15) is 23.2 Å². The zero-order chi connectivity index (χ0) is 12.7. The van der Waals surface area contributed by atoms with Gasteiger partial charge in [-0.15, -0.1) is 0 Å². The van der Waals surface area contributed by atoms with Crippen molar-refractivity contribution < 1.29 is 4.79 Å². The highest BCUT2D eigenvalue weighted by Gasteiger charge is 2.22. The summed E-state index contributed by atoms with van der Waals surface area (Å²) in [5.41, 5.74) is 8.88. The number of nitrogens with two attached hydrogens (primary N) is 1. The molecule has 0 aliphatic heterocycles. The van der Waals surface area contributed by atoms with Crippen LogP contribution in [0.25, 0.3) is 10.9 Å². The van der Waals surface area contributed by atoms with Gasteiger partial charge in [0.1, 0.15) is 0 Å². The molecule has 0 fully saturated rings. The molecule has 0 spiro atoms. The van der Waals surface area contributed by atoms with Crippen molar-refractivity contribution >= 4 is 16.9 Å². The van der Waals surface area contributed by atoms with E-state index >= 15 is 0 Å². The van der Waals surface area contributed by atoms with E-state index in [1.54, 1.807) is 16.7 Å². The van der Waals surface area contributed by atoms with Gasteiger partial charge in [-0.1, -0.05) is 0 Å². The molecule has 3 rings (SSSR count). The molecular formula is C14H11N3O. The summed E-state index contributed by atoms with van der Waals surface area (Å²) in [6.07, 6.45) is 5.59. The monoisotopic (exact) mass is 237 g/mol. The van der Waals surface area contributed by atoms with Crippen molar-refractivity contribution in [2.75, 3.05) is 0 Å². The van der Waals surface area contributed by atoms with E-state index in [4.69, 9.17) is 11.0 Å². The molecule has 88 valence electrons. The number of carbonyl (C=O) groups excluding carboxylic acids is 1. The molecular weight excluding hydrogens is 226 g/mol. The molecule has 4 heteroatoms. The van der Waals surface area contributed by atoms with E-state index < -0.39 is 6.03 Å². The van der Waals surface area contributed by atoms with Crippen molar-refractivity contribution in [3.05, 3.63) is 41.4 Å². The Morgan fingerprint density at radius 2 is 2.33 bits per heavy atom. The van der Waals surface area contributed by atoms with Gasteiger partial charge in [-0.05, 0) is 49.4 Å². The van der Waals surface area contributed by atoms with Crippen LogP contribution in [-0.4, -0.2) is 10.6 Å². The quantitative estimate of drug-likeness (QED) is 0.761. The summed E-state index contributed by atoms with van der Waals surface area (Å²) in [6, 6.07) is 6.97. The van der Waals surface area contributed by atoms with Gasteiger partial charge in [0, 0.05) is 11.1 Å². The number of rotatable bonds is 0. The maximum atomic E-state index is 11.6. The molecule has 0 unspecified atom stereocenters. The lowest BCUT2D eigenvalue weighted by atomic mass is 9.95. The zero-order valence-electron chi connectivity index (χ0n) is 9.73. The minimum Gasteiger partial charge on any atom is -0.351 e. The van der Waals surface area contributed by atoms with Crippen LogP contribution in [0, 0.1) is 17.8 Å². The van der Waals surface area contributed by atoms with E-state index in [-0.39, 0.29) is 0 Å². The molecule has 0 atom stereocenters. The molecule has 1 amide bonds. The lowest BCUT2D eigenvalue weighted by molar-refractivity contribution is 0.250. The van der Waals surface area contributed by atoms with Crippen LogP contribution >= 0.6 is 0 Å². The number of amides is 1. The second-order valence-electron chi connectivity index (χ2n) is 4.37. The van der Waals surface area contributed by atoms with Gasteiger partial charge in [0.25, 0.3) is 0 Å². The van der Waals surface area contributed by atoms with Crippen molar-refractivity contribution in [2.45, 2.75) is 19.3 Å².